The van der Waals surface area contributed by atoms with E-state index in [-0.39, 0.29) is 0 Å². The fourth-order valence-corrected chi connectivity index (χ4v) is 4.20. The molecule has 2 rings (SSSR count). The summed E-state index contributed by atoms with van der Waals surface area (Å²) in [6.45, 7) is 1.98. The molecule has 0 amide bonds. The number of halogens is 1. The van der Waals surface area contributed by atoms with Crippen molar-refractivity contribution in [2.75, 3.05) is 32.1 Å². The van der Waals surface area contributed by atoms with Crippen molar-refractivity contribution >= 4 is 40.8 Å². The molecule has 96 valence electrons. The fourth-order valence-electron chi connectivity index (χ4n) is 1.60. The molecule has 0 unspecified atom stereocenters. The van der Waals surface area contributed by atoms with Crippen molar-refractivity contribution in [2.24, 2.45) is 0 Å². The zero-order valence-electron chi connectivity index (χ0n) is 10.5. The molecule has 0 radical (unpaired) electrons. The first-order valence-corrected chi connectivity index (χ1v) is 8.26. The molecule has 2 aromatic rings. The van der Waals surface area contributed by atoms with Gasteiger partial charge in [-0.25, -0.2) is 0 Å². The average molecular weight is 373 g/mol. The van der Waals surface area contributed by atoms with Crippen LogP contribution in [-0.2, 0) is 0 Å². The first-order valence-electron chi connectivity index (χ1n) is 5.75. The summed E-state index contributed by atoms with van der Waals surface area (Å²) in [5.74, 6) is 1.03. The molecule has 0 aliphatic heterocycles. The van der Waals surface area contributed by atoms with Gasteiger partial charge in [0.2, 0.25) is 0 Å². The Hall–Kier alpha value is -0.611. The molecule has 18 heavy (non-hydrogen) atoms. The number of aromatic nitrogens is 1. The van der Waals surface area contributed by atoms with Crippen LogP contribution >= 0.6 is 15.9 Å². The van der Waals surface area contributed by atoms with Crippen LogP contribution in [0.4, 0.5) is 10.4 Å². The third kappa shape index (κ3) is 3.69. The van der Waals surface area contributed by atoms with Crippen LogP contribution in [0.2, 0.25) is 0 Å². The van der Waals surface area contributed by atoms with E-state index < -0.39 is 0 Å². The summed E-state index contributed by atoms with van der Waals surface area (Å²) in [5, 5.41) is 0. The second-order valence-corrected chi connectivity index (χ2v) is 8.48. The van der Waals surface area contributed by atoms with Gasteiger partial charge in [-0.15, -0.1) is 0 Å². The van der Waals surface area contributed by atoms with E-state index in [0.717, 1.165) is 18.9 Å². The third-order valence-electron chi connectivity index (χ3n) is 2.52. The van der Waals surface area contributed by atoms with Crippen molar-refractivity contribution in [3.05, 3.63) is 39.9 Å². The molecular weight excluding hydrogens is 357 g/mol. The maximum atomic E-state index is 4.46. The Morgan fingerprint density at radius 3 is 2.56 bits per heavy atom. The first kappa shape index (κ1) is 13.8. The summed E-state index contributed by atoms with van der Waals surface area (Å²) in [4.78, 5) is 8.97. The Balaban J connectivity index is 2.23. The van der Waals surface area contributed by atoms with Gasteiger partial charge in [-0.05, 0) is 0 Å². The minimum atomic E-state index is 0.365. The predicted octanol–water partition coefficient (Wildman–Crippen LogP) is 2.60. The molecule has 0 saturated carbocycles. The van der Waals surface area contributed by atoms with Gasteiger partial charge in [-0.1, -0.05) is 0 Å². The van der Waals surface area contributed by atoms with Crippen molar-refractivity contribution in [1.82, 2.24) is 9.88 Å². The van der Waals surface area contributed by atoms with Crippen LogP contribution in [0.25, 0.3) is 0 Å². The van der Waals surface area contributed by atoms with Gasteiger partial charge in [0.1, 0.15) is 0 Å². The van der Waals surface area contributed by atoms with Crippen LogP contribution < -0.4 is 4.90 Å². The standard InChI is InChI=1S/C13H16BrN3Se/c1-16(2)9-10-17(12-5-3-4-8-15-12)13-7-6-11(14)18-13/h3-8H,9-10H2,1-2H3. The van der Waals surface area contributed by atoms with Gasteiger partial charge in [-0.3, -0.25) is 0 Å². The van der Waals surface area contributed by atoms with Gasteiger partial charge in [0.05, 0.1) is 0 Å². The van der Waals surface area contributed by atoms with Gasteiger partial charge >= 0.3 is 123 Å². The van der Waals surface area contributed by atoms with Crippen LogP contribution in [0.1, 0.15) is 0 Å². The minimum absolute atomic E-state index is 0.365. The molecule has 0 fully saturated rings. The van der Waals surface area contributed by atoms with E-state index in [1.54, 1.807) is 0 Å². The molecular formula is C13H16BrN3Se. The molecule has 0 bridgehead atoms. The van der Waals surface area contributed by atoms with Crippen molar-refractivity contribution in [3.8, 4) is 0 Å². The Morgan fingerprint density at radius 1 is 1.17 bits per heavy atom. The molecule has 0 N–H and O–H groups in total. The SMILES string of the molecule is CN(C)CCN(c1ccccn1)c1ccc(Br)[se]1. The monoisotopic (exact) mass is 373 g/mol. The molecule has 5 heteroatoms. The molecule has 0 aliphatic carbocycles. The van der Waals surface area contributed by atoms with Crippen LogP contribution in [0.3, 0.4) is 0 Å². The molecule has 0 spiro atoms. The van der Waals surface area contributed by atoms with Gasteiger partial charge in [0.15, 0.2) is 0 Å². The number of hydrogen-bond donors (Lipinski definition) is 0. The number of likely N-dealkylation sites (N-methyl/N-ethyl adjacent to an activating group) is 1. The Kier molecular flexibility index (Phi) is 5.01. The molecule has 0 aliphatic rings. The predicted molar refractivity (Wildman–Crippen MR) is 80.9 cm³/mol. The summed E-state index contributed by atoms with van der Waals surface area (Å²) in [6.07, 6.45) is 1.85. The number of rotatable bonds is 5. The third-order valence-corrected chi connectivity index (χ3v) is 5.51. The average Bonchev–Trinajstić information content (AvgIpc) is 2.77. The molecule has 0 aromatic carbocycles. The number of hydrogen-bond acceptors (Lipinski definition) is 3. The summed E-state index contributed by atoms with van der Waals surface area (Å²) in [6, 6.07) is 10.4. The van der Waals surface area contributed by atoms with E-state index in [2.05, 4.69) is 63.0 Å². The van der Waals surface area contributed by atoms with E-state index in [4.69, 9.17) is 0 Å². The second kappa shape index (κ2) is 6.53. The normalized spacial score (nSPS) is 10.9. The Morgan fingerprint density at radius 2 is 2.00 bits per heavy atom. The summed E-state index contributed by atoms with van der Waals surface area (Å²) >= 11 is 3.94. The zero-order chi connectivity index (χ0) is 13.0. The summed E-state index contributed by atoms with van der Waals surface area (Å²) in [7, 11) is 4.19. The van der Waals surface area contributed by atoms with Crippen LogP contribution in [0, 0.1) is 0 Å². The summed E-state index contributed by atoms with van der Waals surface area (Å²) in [5.41, 5.74) is 0. The summed E-state index contributed by atoms with van der Waals surface area (Å²) < 4.78 is 2.64. The van der Waals surface area contributed by atoms with Crippen molar-refractivity contribution < 1.29 is 0 Å². The van der Waals surface area contributed by atoms with E-state index in [1.807, 2.05) is 18.3 Å². The van der Waals surface area contributed by atoms with Gasteiger partial charge < -0.3 is 0 Å². The van der Waals surface area contributed by atoms with Gasteiger partial charge in [-0.2, -0.15) is 0 Å². The van der Waals surface area contributed by atoms with Crippen LogP contribution in [0.15, 0.2) is 39.9 Å². The topological polar surface area (TPSA) is 19.4 Å². The molecule has 0 atom stereocenters. The molecule has 2 heterocycles. The van der Waals surface area contributed by atoms with Crippen molar-refractivity contribution in [1.29, 1.82) is 0 Å². The van der Waals surface area contributed by atoms with E-state index >= 15 is 0 Å². The van der Waals surface area contributed by atoms with E-state index in [9.17, 15) is 0 Å². The number of nitrogens with zero attached hydrogens (tertiary/aromatic N) is 3. The fraction of sp³-hybridized carbons (Fsp3) is 0.308. The number of anilines is 2. The Labute approximate surface area is 122 Å². The van der Waals surface area contributed by atoms with Gasteiger partial charge in [0, 0.05) is 0 Å². The quantitative estimate of drug-likeness (QED) is 0.752. The van der Waals surface area contributed by atoms with Crippen LogP contribution in [0.5, 0.6) is 0 Å². The van der Waals surface area contributed by atoms with Crippen LogP contribution in [-0.4, -0.2) is 51.6 Å². The first-order chi connectivity index (χ1) is 8.66. The Bertz CT molecular complexity index is 484. The zero-order valence-corrected chi connectivity index (χ0v) is 13.8. The molecule has 2 aromatic heterocycles. The number of pyridine rings is 1. The van der Waals surface area contributed by atoms with Gasteiger partial charge in [0.25, 0.3) is 0 Å². The second-order valence-electron chi connectivity index (χ2n) is 4.22. The maximum absolute atomic E-state index is 4.46. The van der Waals surface area contributed by atoms with Crippen molar-refractivity contribution in [3.63, 3.8) is 0 Å². The van der Waals surface area contributed by atoms with Crippen molar-refractivity contribution in [2.45, 2.75) is 0 Å². The molecule has 0 saturated heterocycles. The van der Waals surface area contributed by atoms with E-state index in [0.29, 0.717) is 14.5 Å². The molecule has 3 nitrogen and oxygen atoms in total. The van der Waals surface area contributed by atoms with E-state index in [1.165, 1.54) is 7.91 Å².